The van der Waals surface area contributed by atoms with Gasteiger partial charge in [0, 0.05) is 17.7 Å². The van der Waals surface area contributed by atoms with Crippen LogP contribution in [0.25, 0.3) is 22.5 Å². The molecule has 0 radical (unpaired) electrons. The minimum Gasteiger partial charge on any atom is -0.493 e. The van der Waals surface area contributed by atoms with Crippen LogP contribution in [0.5, 0.6) is 11.5 Å². The molecule has 0 atom stereocenters. The van der Waals surface area contributed by atoms with Crippen molar-refractivity contribution in [3.05, 3.63) is 46.0 Å². The third-order valence-corrected chi connectivity index (χ3v) is 3.80. The zero-order chi connectivity index (χ0) is 18.0. The number of aryl methyl sites for hydroxylation is 1. The second kappa shape index (κ2) is 6.56. The topological polar surface area (TPSA) is 116 Å². The number of nitro benzene ring substituents is 1. The van der Waals surface area contributed by atoms with Crippen molar-refractivity contribution in [3.8, 4) is 34.0 Å². The molecule has 1 N–H and O–H groups in total. The van der Waals surface area contributed by atoms with Crippen molar-refractivity contribution in [3.63, 3.8) is 0 Å². The Labute approximate surface area is 142 Å². The first kappa shape index (κ1) is 16.4. The molecule has 9 heteroatoms. The zero-order valence-corrected chi connectivity index (χ0v) is 13.8. The fourth-order valence-electron chi connectivity index (χ4n) is 2.71. The smallest absolute Gasteiger partial charge is 0.270 e. The summed E-state index contributed by atoms with van der Waals surface area (Å²) in [5, 5.41) is 24.9. The van der Waals surface area contributed by atoms with Crippen molar-refractivity contribution in [1.82, 2.24) is 20.6 Å². The van der Waals surface area contributed by atoms with Crippen molar-refractivity contribution in [2.24, 2.45) is 0 Å². The van der Waals surface area contributed by atoms with Crippen LogP contribution in [-0.4, -0.2) is 39.8 Å². The second-order valence-corrected chi connectivity index (χ2v) is 5.26. The number of aromatic nitrogens is 4. The maximum atomic E-state index is 11.2. The first-order chi connectivity index (χ1) is 12.0. The van der Waals surface area contributed by atoms with Crippen molar-refractivity contribution < 1.29 is 14.4 Å². The highest BCUT2D eigenvalue weighted by molar-refractivity contribution is 5.85. The van der Waals surface area contributed by atoms with E-state index in [1.807, 2.05) is 6.07 Å². The standard InChI is InChI=1S/C16H15N5O4/c1-9-6-11(21(22)23)8-12(16-17-19-20-18-16)15(9)10-4-5-13(24-2)14(7-10)25-3/h4-8H,1-3H3,(H,17,18,19,20). The summed E-state index contributed by atoms with van der Waals surface area (Å²) < 4.78 is 10.6. The van der Waals surface area contributed by atoms with Gasteiger partial charge in [-0.1, -0.05) is 6.07 Å². The summed E-state index contributed by atoms with van der Waals surface area (Å²) >= 11 is 0. The number of nitro groups is 1. The molecule has 0 amide bonds. The zero-order valence-electron chi connectivity index (χ0n) is 13.8. The fraction of sp³-hybridized carbons (Fsp3) is 0.188. The van der Waals surface area contributed by atoms with E-state index in [1.165, 1.54) is 12.1 Å². The molecular formula is C16H15N5O4. The SMILES string of the molecule is COc1ccc(-c2c(C)cc([N+](=O)[O-])cc2-c2nnn[nH]2)cc1OC. The van der Waals surface area contributed by atoms with Gasteiger partial charge >= 0.3 is 0 Å². The van der Waals surface area contributed by atoms with E-state index < -0.39 is 4.92 Å². The van der Waals surface area contributed by atoms with Crippen LogP contribution in [0.2, 0.25) is 0 Å². The fourth-order valence-corrected chi connectivity index (χ4v) is 2.71. The molecule has 9 nitrogen and oxygen atoms in total. The number of non-ortho nitro benzene ring substituents is 1. The molecule has 0 aliphatic carbocycles. The van der Waals surface area contributed by atoms with Gasteiger partial charge in [-0.05, 0) is 46.2 Å². The summed E-state index contributed by atoms with van der Waals surface area (Å²) in [5.74, 6) is 1.49. The van der Waals surface area contributed by atoms with Crippen LogP contribution >= 0.6 is 0 Å². The van der Waals surface area contributed by atoms with Crippen molar-refractivity contribution in [2.45, 2.75) is 6.92 Å². The first-order valence-corrected chi connectivity index (χ1v) is 7.30. The number of hydrogen-bond acceptors (Lipinski definition) is 7. The van der Waals surface area contributed by atoms with Gasteiger partial charge in [-0.2, -0.15) is 0 Å². The molecule has 128 valence electrons. The van der Waals surface area contributed by atoms with Crippen LogP contribution in [0.15, 0.2) is 30.3 Å². The average Bonchev–Trinajstić information content (AvgIpc) is 3.14. The van der Waals surface area contributed by atoms with Crippen LogP contribution in [0.4, 0.5) is 5.69 Å². The summed E-state index contributed by atoms with van der Waals surface area (Å²) in [5.41, 5.74) is 2.78. The number of ether oxygens (including phenoxy) is 2. The molecule has 0 saturated heterocycles. The van der Waals surface area contributed by atoms with E-state index in [2.05, 4.69) is 20.6 Å². The van der Waals surface area contributed by atoms with Crippen molar-refractivity contribution in [2.75, 3.05) is 14.2 Å². The van der Waals surface area contributed by atoms with Crippen LogP contribution in [0.1, 0.15) is 5.56 Å². The highest BCUT2D eigenvalue weighted by Gasteiger charge is 2.20. The van der Waals surface area contributed by atoms with E-state index in [-0.39, 0.29) is 5.69 Å². The maximum Gasteiger partial charge on any atom is 0.270 e. The summed E-state index contributed by atoms with van der Waals surface area (Å²) in [4.78, 5) is 10.8. The van der Waals surface area contributed by atoms with Gasteiger partial charge < -0.3 is 9.47 Å². The molecule has 25 heavy (non-hydrogen) atoms. The average molecular weight is 341 g/mol. The third-order valence-electron chi connectivity index (χ3n) is 3.80. The number of H-pyrrole nitrogens is 1. The molecular weight excluding hydrogens is 326 g/mol. The Hall–Kier alpha value is -3.49. The minimum atomic E-state index is -0.446. The monoisotopic (exact) mass is 341 g/mol. The highest BCUT2D eigenvalue weighted by Crippen LogP contribution is 2.39. The quantitative estimate of drug-likeness (QED) is 0.560. The molecule has 0 aliphatic heterocycles. The predicted octanol–water partition coefficient (Wildman–Crippen LogP) is 2.77. The Morgan fingerprint density at radius 3 is 2.48 bits per heavy atom. The molecule has 2 aromatic carbocycles. The molecule has 0 aliphatic rings. The molecule has 3 aromatic rings. The maximum absolute atomic E-state index is 11.2. The molecule has 0 bridgehead atoms. The summed E-state index contributed by atoms with van der Waals surface area (Å²) in [7, 11) is 3.10. The number of tetrazole rings is 1. The molecule has 0 saturated carbocycles. The van der Waals surface area contributed by atoms with Crippen molar-refractivity contribution >= 4 is 5.69 Å². The lowest BCUT2D eigenvalue weighted by molar-refractivity contribution is -0.384. The van der Waals surface area contributed by atoms with Crippen LogP contribution in [-0.2, 0) is 0 Å². The molecule has 0 unspecified atom stereocenters. The van der Waals surface area contributed by atoms with Crippen LogP contribution in [0.3, 0.4) is 0 Å². The van der Waals surface area contributed by atoms with Gasteiger partial charge in [0.25, 0.3) is 5.69 Å². The number of hydrogen-bond donors (Lipinski definition) is 1. The van der Waals surface area contributed by atoms with Gasteiger partial charge in [0.05, 0.1) is 19.1 Å². The van der Waals surface area contributed by atoms with E-state index in [4.69, 9.17) is 9.47 Å². The number of benzene rings is 2. The normalized spacial score (nSPS) is 10.5. The van der Waals surface area contributed by atoms with E-state index in [1.54, 1.807) is 33.3 Å². The minimum absolute atomic E-state index is 0.0341. The Morgan fingerprint density at radius 2 is 1.88 bits per heavy atom. The third kappa shape index (κ3) is 2.99. The van der Waals surface area contributed by atoms with Crippen molar-refractivity contribution in [1.29, 1.82) is 0 Å². The molecule has 3 rings (SSSR count). The Morgan fingerprint density at radius 1 is 1.12 bits per heavy atom. The summed E-state index contributed by atoms with van der Waals surface area (Å²) in [6, 6.07) is 8.39. The highest BCUT2D eigenvalue weighted by atomic mass is 16.6. The van der Waals surface area contributed by atoms with Crippen LogP contribution < -0.4 is 9.47 Å². The second-order valence-electron chi connectivity index (χ2n) is 5.26. The van der Waals surface area contributed by atoms with Gasteiger partial charge in [-0.15, -0.1) is 5.10 Å². The predicted molar refractivity (Wildman–Crippen MR) is 89.5 cm³/mol. The number of aromatic amines is 1. The first-order valence-electron chi connectivity index (χ1n) is 7.30. The lowest BCUT2D eigenvalue weighted by atomic mass is 9.93. The van der Waals surface area contributed by atoms with E-state index in [0.29, 0.717) is 28.5 Å². The van der Waals surface area contributed by atoms with Crippen LogP contribution in [0, 0.1) is 17.0 Å². The Bertz CT molecular complexity index is 925. The summed E-state index contributed by atoms with van der Waals surface area (Å²) in [6.07, 6.45) is 0. The summed E-state index contributed by atoms with van der Waals surface area (Å²) in [6.45, 7) is 1.80. The number of methoxy groups -OCH3 is 2. The largest absolute Gasteiger partial charge is 0.493 e. The molecule has 1 aromatic heterocycles. The lowest BCUT2D eigenvalue weighted by Crippen LogP contribution is -1.97. The van der Waals surface area contributed by atoms with Gasteiger partial charge in [-0.25, -0.2) is 5.10 Å². The number of nitrogens with zero attached hydrogens (tertiary/aromatic N) is 4. The number of nitrogens with one attached hydrogen (secondary N) is 1. The Kier molecular flexibility index (Phi) is 4.29. The van der Waals surface area contributed by atoms with E-state index in [9.17, 15) is 10.1 Å². The molecule has 1 heterocycles. The molecule has 0 fully saturated rings. The Balaban J connectivity index is 2.27. The molecule has 0 spiro atoms. The van der Waals surface area contributed by atoms with E-state index >= 15 is 0 Å². The van der Waals surface area contributed by atoms with Gasteiger partial charge in [0.15, 0.2) is 17.3 Å². The lowest BCUT2D eigenvalue weighted by Gasteiger charge is -2.14. The van der Waals surface area contributed by atoms with Gasteiger partial charge in [0.1, 0.15) is 0 Å². The number of rotatable bonds is 5. The van der Waals surface area contributed by atoms with Gasteiger partial charge in [-0.3, -0.25) is 10.1 Å². The van der Waals surface area contributed by atoms with E-state index in [0.717, 1.165) is 11.1 Å². The van der Waals surface area contributed by atoms with Gasteiger partial charge in [0.2, 0.25) is 0 Å².